The minimum atomic E-state index is -0.653. The largest absolute Gasteiger partial charge is 0.378 e. The van der Waals surface area contributed by atoms with Gasteiger partial charge in [-0.25, -0.2) is 4.79 Å². The molecule has 3 rings (SSSR count). The number of morpholine rings is 1. The van der Waals surface area contributed by atoms with Crippen LogP contribution in [0.4, 0.5) is 4.79 Å². The van der Waals surface area contributed by atoms with Gasteiger partial charge >= 0.3 is 6.03 Å². The molecule has 2 heterocycles. The second-order valence-electron chi connectivity index (χ2n) is 8.03. The van der Waals surface area contributed by atoms with Crippen LogP contribution in [0.1, 0.15) is 32.6 Å². The molecule has 0 radical (unpaired) electrons. The van der Waals surface area contributed by atoms with E-state index in [2.05, 4.69) is 16.7 Å². The maximum Gasteiger partial charge on any atom is 0.318 e. The van der Waals surface area contributed by atoms with Gasteiger partial charge in [0.15, 0.2) is 0 Å². The first-order valence-electron chi connectivity index (χ1n) is 10.1. The van der Waals surface area contributed by atoms with Crippen LogP contribution >= 0.6 is 0 Å². The van der Waals surface area contributed by atoms with Crippen molar-refractivity contribution in [2.24, 2.45) is 11.8 Å². The van der Waals surface area contributed by atoms with E-state index in [1.54, 1.807) is 4.90 Å². The average Bonchev–Trinajstić information content (AvgIpc) is 3.44. The Bertz CT molecular complexity index is 639. The number of nitrogens with one attached hydrogen (secondary N) is 2. The van der Waals surface area contributed by atoms with Gasteiger partial charge in [-0.3, -0.25) is 9.59 Å². The first-order valence-corrected chi connectivity index (χ1v) is 10.1. The van der Waals surface area contributed by atoms with E-state index in [1.165, 1.54) is 4.90 Å². The van der Waals surface area contributed by atoms with Crippen LogP contribution in [-0.2, 0) is 14.3 Å². The Kier molecular flexibility index (Phi) is 6.73. The van der Waals surface area contributed by atoms with Crippen molar-refractivity contribution in [1.29, 1.82) is 5.26 Å². The van der Waals surface area contributed by atoms with Crippen LogP contribution in [0.15, 0.2) is 0 Å². The van der Waals surface area contributed by atoms with Gasteiger partial charge in [0.1, 0.15) is 12.1 Å². The summed E-state index contributed by atoms with van der Waals surface area (Å²) in [5.74, 6) is 0.120. The van der Waals surface area contributed by atoms with Gasteiger partial charge < -0.3 is 25.2 Å². The highest BCUT2D eigenvalue weighted by atomic mass is 16.5. The third-order valence-corrected chi connectivity index (χ3v) is 5.57. The highest BCUT2D eigenvalue weighted by Crippen LogP contribution is 2.33. The predicted octanol–water partition coefficient (Wildman–Crippen LogP) is 0.0737. The molecule has 2 aliphatic heterocycles. The van der Waals surface area contributed by atoms with Crippen LogP contribution in [0.3, 0.4) is 0 Å². The molecule has 0 aromatic rings. The van der Waals surface area contributed by atoms with Crippen LogP contribution in [0.2, 0.25) is 0 Å². The molecule has 1 aliphatic carbocycles. The maximum atomic E-state index is 12.7. The molecular formula is C19H29N5O4. The Balaban J connectivity index is 1.52. The van der Waals surface area contributed by atoms with Crippen molar-refractivity contribution in [3.05, 3.63) is 0 Å². The second kappa shape index (κ2) is 9.24. The number of hydrogen-bond acceptors (Lipinski definition) is 5. The summed E-state index contributed by atoms with van der Waals surface area (Å²) in [4.78, 5) is 40.7. The van der Waals surface area contributed by atoms with Crippen LogP contribution in [0, 0.1) is 23.2 Å². The van der Waals surface area contributed by atoms with Crippen LogP contribution in [0.25, 0.3) is 0 Å². The summed E-state index contributed by atoms with van der Waals surface area (Å²) in [6, 6.07) is 0.801. The number of nitriles is 1. The third-order valence-electron chi connectivity index (χ3n) is 5.57. The van der Waals surface area contributed by atoms with Crippen molar-refractivity contribution in [1.82, 2.24) is 20.4 Å². The molecule has 3 atom stereocenters. The highest BCUT2D eigenvalue weighted by Gasteiger charge is 2.35. The molecule has 3 aliphatic rings. The SMILES string of the molecule is CC1CC(C#N)N(C(=O)CNC(=O)C(CC2CC2)NC(=O)N2CCOCC2)C1. The summed E-state index contributed by atoms with van der Waals surface area (Å²) < 4.78 is 5.25. The smallest absolute Gasteiger partial charge is 0.318 e. The lowest BCUT2D eigenvalue weighted by atomic mass is 10.1. The van der Waals surface area contributed by atoms with Gasteiger partial charge in [-0.15, -0.1) is 0 Å². The summed E-state index contributed by atoms with van der Waals surface area (Å²) in [6.45, 7) is 4.38. The van der Waals surface area contributed by atoms with Gasteiger partial charge in [0.2, 0.25) is 11.8 Å². The van der Waals surface area contributed by atoms with Crippen molar-refractivity contribution in [3.8, 4) is 6.07 Å². The van der Waals surface area contributed by atoms with Crippen LogP contribution in [-0.4, -0.2) is 79.1 Å². The van der Waals surface area contributed by atoms with Crippen molar-refractivity contribution in [2.75, 3.05) is 39.4 Å². The number of amides is 4. The summed E-state index contributed by atoms with van der Waals surface area (Å²) in [6.07, 6.45) is 3.37. The fourth-order valence-electron chi connectivity index (χ4n) is 3.76. The number of rotatable bonds is 6. The molecule has 3 fully saturated rings. The Labute approximate surface area is 165 Å². The van der Waals surface area contributed by atoms with Gasteiger partial charge in [0.05, 0.1) is 25.8 Å². The lowest BCUT2D eigenvalue weighted by molar-refractivity contribution is -0.133. The number of nitrogens with zero attached hydrogens (tertiary/aromatic N) is 3. The molecule has 0 aromatic carbocycles. The summed E-state index contributed by atoms with van der Waals surface area (Å²) in [5, 5.41) is 14.7. The molecule has 2 N–H and O–H groups in total. The Hall–Kier alpha value is -2.34. The van der Waals surface area contributed by atoms with Crippen molar-refractivity contribution in [3.63, 3.8) is 0 Å². The van der Waals surface area contributed by atoms with E-state index in [9.17, 15) is 19.6 Å². The minimum absolute atomic E-state index is 0.154. The van der Waals surface area contributed by atoms with E-state index < -0.39 is 12.1 Å². The van der Waals surface area contributed by atoms with E-state index in [1.807, 2.05) is 6.92 Å². The van der Waals surface area contributed by atoms with Crippen molar-refractivity contribution >= 4 is 17.8 Å². The normalized spacial score (nSPS) is 25.7. The number of carbonyl (C=O) groups is 3. The Morgan fingerprint density at radius 3 is 2.61 bits per heavy atom. The Morgan fingerprint density at radius 2 is 1.96 bits per heavy atom. The number of urea groups is 1. The molecule has 3 unspecified atom stereocenters. The molecular weight excluding hydrogens is 362 g/mol. The van der Waals surface area contributed by atoms with Crippen molar-refractivity contribution in [2.45, 2.75) is 44.7 Å². The third kappa shape index (κ3) is 5.35. The van der Waals surface area contributed by atoms with Gasteiger partial charge in [-0.2, -0.15) is 5.26 Å². The van der Waals surface area contributed by atoms with E-state index in [0.29, 0.717) is 51.6 Å². The summed E-state index contributed by atoms with van der Waals surface area (Å²) >= 11 is 0. The number of ether oxygens (including phenoxy) is 1. The van der Waals surface area contributed by atoms with E-state index in [4.69, 9.17) is 4.74 Å². The first-order chi connectivity index (χ1) is 13.5. The monoisotopic (exact) mass is 391 g/mol. The van der Waals surface area contributed by atoms with Crippen LogP contribution < -0.4 is 10.6 Å². The molecule has 9 heteroatoms. The number of hydrogen-bond donors (Lipinski definition) is 2. The zero-order chi connectivity index (χ0) is 20.1. The van der Waals surface area contributed by atoms with Gasteiger partial charge in [-0.1, -0.05) is 19.8 Å². The fourth-order valence-corrected chi connectivity index (χ4v) is 3.76. The average molecular weight is 391 g/mol. The van der Waals surface area contributed by atoms with Crippen LogP contribution in [0.5, 0.6) is 0 Å². The maximum absolute atomic E-state index is 12.7. The van der Waals surface area contributed by atoms with E-state index in [-0.39, 0.29) is 30.3 Å². The van der Waals surface area contributed by atoms with E-state index in [0.717, 1.165) is 12.8 Å². The summed E-state index contributed by atoms with van der Waals surface area (Å²) in [5.41, 5.74) is 0. The standard InChI is InChI=1S/C19H29N5O4/c1-13-8-15(10-20)24(12-13)17(25)11-21-18(26)16(9-14-2-3-14)22-19(27)23-4-6-28-7-5-23/h13-16H,2-9,11-12H2,1H3,(H,21,26)(H,22,27). The number of carbonyl (C=O) groups excluding carboxylic acids is 3. The number of likely N-dealkylation sites (tertiary alicyclic amines) is 1. The van der Waals surface area contributed by atoms with Gasteiger partial charge in [0, 0.05) is 19.6 Å². The molecule has 0 bridgehead atoms. The second-order valence-corrected chi connectivity index (χ2v) is 8.03. The molecule has 0 spiro atoms. The molecule has 28 heavy (non-hydrogen) atoms. The topological polar surface area (TPSA) is 115 Å². The fraction of sp³-hybridized carbons (Fsp3) is 0.789. The minimum Gasteiger partial charge on any atom is -0.378 e. The molecule has 1 saturated carbocycles. The quantitative estimate of drug-likeness (QED) is 0.665. The zero-order valence-corrected chi connectivity index (χ0v) is 16.4. The zero-order valence-electron chi connectivity index (χ0n) is 16.4. The lowest BCUT2D eigenvalue weighted by Crippen LogP contribution is -2.54. The van der Waals surface area contributed by atoms with E-state index >= 15 is 0 Å². The molecule has 0 aromatic heterocycles. The van der Waals surface area contributed by atoms with Crippen molar-refractivity contribution < 1.29 is 19.1 Å². The summed E-state index contributed by atoms with van der Waals surface area (Å²) in [7, 11) is 0. The van der Waals surface area contributed by atoms with Gasteiger partial charge in [-0.05, 0) is 24.7 Å². The first kappa shape index (κ1) is 20.4. The van der Waals surface area contributed by atoms with Gasteiger partial charge in [0.25, 0.3) is 0 Å². The molecule has 9 nitrogen and oxygen atoms in total. The molecule has 2 saturated heterocycles. The Morgan fingerprint density at radius 1 is 1.25 bits per heavy atom. The predicted molar refractivity (Wildman–Crippen MR) is 100.0 cm³/mol. The molecule has 154 valence electrons. The molecule has 4 amide bonds. The lowest BCUT2D eigenvalue weighted by Gasteiger charge is -2.29. The highest BCUT2D eigenvalue weighted by molar-refractivity contribution is 5.90.